The smallest absolute Gasteiger partial charge is 0.418 e. The van der Waals surface area contributed by atoms with Crippen LogP contribution in [0.25, 0.3) is 0 Å². The zero-order chi connectivity index (χ0) is 29.4. The van der Waals surface area contributed by atoms with Crippen molar-refractivity contribution in [3.8, 4) is 6.01 Å². The van der Waals surface area contributed by atoms with Gasteiger partial charge in [0.25, 0.3) is 5.91 Å². The molecule has 0 radical (unpaired) electrons. The third-order valence-corrected chi connectivity index (χ3v) is 7.19. The molecule has 1 aromatic heterocycles. The molecular weight excluding hydrogens is 574 g/mol. The van der Waals surface area contributed by atoms with Crippen molar-refractivity contribution in [3.05, 3.63) is 50.3 Å². The largest absolute Gasteiger partial charge is 0.467 e. The van der Waals surface area contributed by atoms with E-state index in [4.69, 9.17) is 44.1 Å². The molecule has 2 aliphatic rings. The van der Waals surface area contributed by atoms with Crippen LogP contribution in [0.1, 0.15) is 34.9 Å². The van der Waals surface area contributed by atoms with E-state index in [2.05, 4.69) is 15.0 Å². The number of alkyl halides is 3. The molecule has 0 bridgehead atoms. The average molecular weight is 602 g/mol. The van der Waals surface area contributed by atoms with E-state index >= 15 is 0 Å². The van der Waals surface area contributed by atoms with Gasteiger partial charge >= 0.3 is 12.2 Å². The highest BCUT2D eigenvalue weighted by atomic mass is 35.5. The van der Waals surface area contributed by atoms with Crippen molar-refractivity contribution in [2.45, 2.75) is 31.7 Å². The number of halogens is 5. The van der Waals surface area contributed by atoms with Gasteiger partial charge in [-0.1, -0.05) is 23.2 Å². The zero-order valence-corrected chi connectivity index (χ0v) is 23.5. The molecule has 0 spiro atoms. The molecule has 1 aromatic carbocycles. The lowest BCUT2D eigenvalue weighted by Gasteiger charge is -2.31. The molecule has 1 atom stereocenters. The van der Waals surface area contributed by atoms with E-state index in [9.17, 15) is 18.0 Å². The van der Waals surface area contributed by atoms with Crippen LogP contribution in [-0.4, -0.2) is 67.3 Å². The summed E-state index contributed by atoms with van der Waals surface area (Å²) in [6.07, 6.45) is -5.11. The standard InChI is InChI=1S/C25H28Cl2F3N7O3/c1-36(2)23(38)21(32)20(27)17-10-37(6-4-5-33-17)22-14-11-40-18(9-16(14)34-24(35-22)39-3)13-7-12(31)8-15(26)19(13)25(28,29)30/h7-8,18H,4-6,9-11,31-32H2,1-3H3/b21-20+. The number of benzene rings is 1. The molecule has 1 amide bonds. The maximum Gasteiger partial charge on any atom is 0.418 e. The number of likely N-dealkylation sites (N-methyl/N-ethyl adjacent to an activating group) is 1. The van der Waals surface area contributed by atoms with E-state index in [1.165, 1.54) is 18.1 Å². The molecule has 4 N–H and O–H groups in total. The lowest BCUT2D eigenvalue weighted by atomic mass is 9.94. The highest BCUT2D eigenvalue weighted by Crippen LogP contribution is 2.44. The molecule has 3 heterocycles. The number of aliphatic imine (C=N–C) groups is 1. The third-order valence-electron chi connectivity index (χ3n) is 6.47. The van der Waals surface area contributed by atoms with Gasteiger partial charge in [0.15, 0.2) is 0 Å². The second kappa shape index (κ2) is 11.7. The van der Waals surface area contributed by atoms with E-state index in [-0.39, 0.29) is 47.6 Å². The summed E-state index contributed by atoms with van der Waals surface area (Å²) in [5.74, 6) is 0.00225. The Morgan fingerprint density at radius 3 is 2.65 bits per heavy atom. The second-order valence-corrected chi connectivity index (χ2v) is 10.2. The van der Waals surface area contributed by atoms with Gasteiger partial charge in [-0.3, -0.25) is 9.79 Å². The fourth-order valence-corrected chi connectivity index (χ4v) is 5.12. The minimum Gasteiger partial charge on any atom is -0.467 e. The Morgan fingerprint density at radius 2 is 2.00 bits per heavy atom. The summed E-state index contributed by atoms with van der Waals surface area (Å²) in [4.78, 5) is 29.0. The Bertz CT molecular complexity index is 1380. The highest BCUT2D eigenvalue weighted by molar-refractivity contribution is 6.45. The van der Waals surface area contributed by atoms with Crippen LogP contribution in [-0.2, 0) is 28.7 Å². The van der Waals surface area contributed by atoms with Crippen LogP contribution in [0.3, 0.4) is 0 Å². The van der Waals surface area contributed by atoms with Gasteiger partial charge in [0.05, 0.1) is 53.4 Å². The van der Waals surface area contributed by atoms with Gasteiger partial charge in [0.2, 0.25) is 0 Å². The molecule has 2 aromatic rings. The lowest BCUT2D eigenvalue weighted by molar-refractivity contribution is -0.139. The minimum atomic E-state index is -4.72. The number of nitrogens with zero attached hydrogens (tertiary/aromatic N) is 5. The first-order valence-corrected chi connectivity index (χ1v) is 12.9. The van der Waals surface area contributed by atoms with Crippen molar-refractivity contribution >= 4 is 46.3 Å². The molecule has 0 saturated heterocycles. The van der Waals surface area contributed by atoms with Gasteiger partial charge in [-0.05, 0) is 24.1 Å². The summed E-state index contributed by atoms with van der Waals surface area (Å²) in [6.45, 7) is 1.03. The van der Waals surface area contributed by atoms with E-state index in [1.54, 1.807) is 14.1 Å². The van der Waals surface area contributed by atoms with Crippen molar-refractivity contribution in [2.24, 2.45) is 10.7 Å². The molecule has 10 nitrogen and oxygen atoms in total. The second-order valence-electron chi connectivity index (χ2n) is 9.46. The van der Waals surface area contributed by atoms with Crippen LogP contribution < -0.4 is 21.1 Å². The number of rotatable bonds is 5. The van der Waals surface area contributed by atoms with Gasteiger partial charge in [-0.25, -0.2) is 0 Å². The van der Waals surface area contributed by atoms with Crippen molar-refractivity contribution in [2.75, 3.05) is 51.5 Å². The molecule has 1 unspecified atom stereocenters. The van der Waals surface area contributed by atoms with E-state index in [0.717, 1.165) is 6.07 Å². The molecule has 216 valence electrons. The summed E-state index contributed by atoms with van der Waals surface area (Å²) in [6, 6.07) is 2.31. The maximum atomic E-state index is 13.9. The van der Waals surface area contributed by atoms with Crippen LogP contribution in [0.5, 0.6) is 6.01 Å². The Morgan fingerprint density at radius 1 is 1.27 bits per heavy atom. The van der Waals surface area contributed by atoms with Crippen LogP contribution in [0.15, 0.2) is 27.9 Å². The quantitative estimate of drug-likeness (QED) is 0.391. The van der Waals surface area contributed by atoms with Crippen molar-refractivity contribution < 1.29 is 27.4 Å². The number of carbonyl (C=O) groups is 1. The number of carbonyl (C=O) groups excluding carboxylic acids is 1. The number of methoxy groups -OCH3 is 1. The van der Waals surface area contributed by atoms with E-state index in [0.29, 0.717) is 42.3 Å². The molecule has 0 aliphatic carbocycles. The monoisotopic (exact) mass is 601 g/mol. The Balaban J connectivity index is 1.72. The van der Waals surface area contributed by atoms with Crippen molar-refractivity contribution in [3.63, 3.8) is 0 Å². The third kappa shape index (κ3) is 6.06. The van der Waals surface area contributed by atoms with Gasteiger partial charge in [0.1, 0.15) is 11.5 Å². The molecule has 2 aliphatic heterocycles. The van der Waals surface area contributed by atoms with Crippen LogP contribution in [0.4, 0.5) is 24.7 Å². The van der Waals surface area contributed by atoms with Gasteiger partial charge in [-0.2, -0.15) is 23.1 Å². The predicted octanol–water partition coefficient (Wildman–Crippen LogP) is 3.70. The van der Waals surface area contributed by atoms with E-state index < -0.39 is 28.8 Å². The number of ether oxygens (including phenoxy) is 2. The molecule has 4 rings (SSSR count). The fraction of sp³-hybridized carbons (Fsp3) is 0.440. The normalized spacial score (nSPS) is 18.4. The van der Waals surface area contributed by atoms with Crippen LogP contribution in [0.2, 0.25) is 5.02 Å². The zero-order valence-electron chi connectivity index (χ0n) is 22.0. The SMILES string of the molecule is COc1nc2c(c(N3CCCN=C(/C(Cl)=C(\N)C(=O)N(C)C)C3)n1)COC(c1cc(N)cc(Cl)c1C(F)(F)F)C2. The molecule has 0 fully saturated rings. The average Bonchev–Trinajstić information content (AvgIpc) is 3.15. The number of hydrogen-bond acceptors (Lipinski definition) is 9. The molecule has 15 heteroatoms. The number of anilines is 2. The first-order chi connectivity index (χ1) is 18.8. The summed E-state index contributed by atoms with van der Waals surface area (Å²) in [5.41, 5.74) is 12.0. The number of hydrogen-bond donors (Lipinski definition) is 2. The first kappa shape index (κ1) is 29.7. The predicted molar refractivity (Wildman–Crippen MR) is 146 cm³/mol. The maximum absolute atomic E-state index is 13.9. The molecular formula is C25H28Cl2F3N7O3. The van der Waals surface area contributed by atoms with E-state index in [1.807, 2.05) is 4.90 Å². The minimum absolute atomic E-state index is 0.0101. The van der Waals surface area contributed by atoms with Crippen molar-refractivity contribution in [1.29, 1.82) is 0 Å². The number of aromatic nitrogens is 2. The summed E-state index contributed by atoms with van der Waals surface area (Å²) >= 11 is 12.5. The Hall–Kier alpha value is -3.29. The summed E-state index contributed by atoms with van der Waals surface area (Å²) < 4.78 is 53.0. The Labute approximate surface area is 238 Å². The number of amides is 1. The fourth-order valence-electron chi connectivity index (χ4n) is 4.58. The van der Waals surface area contributed by atoms with Crippen molar-refractivity contribution in [1.82, 2.24) is 14.9 Å². The first-order valence-electron chi connectivity index (χ1n) is 12.2. The van der Waals surface area contributed by atoms with Gasteiger partial charge in [0, 0.05) is 44.9 Å². The van der Waals surface area contributed by atoms with Gasteiger partial charge < -0.3 is 30.7 Å². The Kier molecular flexibility index (Phi) is 8.66. The summed E-state index contributed by atoms with van der Waals surface area (Å²) in [5, 5.41) is -0.471. The number of nitrogens with two attached hydrogens (primary N) is 2. The van der Waals surface area contributed by atoms with Crippen LogP contribution >= 0.6 is 23.2 Å². The van der Waals surface area contributed by atoms with Crippen LogP contribution in [0, 0.1) is 0 Å². The topological polar surface area (TPSA) is 132 Å². The molecule has 40 heavy (non-hydrogen) atoms. The highest BCUT2D eigenvalue weighted by Gasteiger charge is 2.40. The summed E-state index contributed by atoms with van der Waals surface area (Å²) in [7, 11) is 4.51. The number of fused-ring (bicyclic) bond motifs is 1. The lowest BCUT2D eigenvalue weighted by Crippen LogP contribution is -2.35. The molecule has 0 saturated carbocycles. The van der Waals surface area contributed by atoms with Gasteiger partial charge in [-0.15, -0.1) is 0 Å². The number of nitrogen functional groups attached to an aromatic ring is 1.